The Morgan fingerprint density at radius 2 is 1.20 bits per heavy atom. The molecule has 0 saturated carbocycles. The van der Waals surface area contributed by atoms with Gasteiger partial charge < -0.3 is 60.0 Å². The SMILES string of the molecule is C.CCC(O)CC(O)CC(O)CC(C)O.CCC1CC(CC2CC(C)OB(O)O2)OB(O)O1.O.O. The molecular formula is C21H50B2O12. The molecule has 0 aromatic heterocycles. The molecule has 10 N–H and O–H groups in total. The Labute approximate surface area is 210 Å². The van der Waals surface area contributed by atoms with E-state index in [1.165, 1.54) is 0 Å². The smallest absolute Gasteiger partial charge is 0.412 e. The number of aliphatic hydroxyl groups is 4. The van der Waals surface area contributed by atoms with Crippen molar-refractivity contribution in [3.63, 3.8) is 0 Å². The van der Waals surface area contributed by atoms with Gasteiger partial charge in [0.15, 0.2) is 0 Å². The van der Waals surface area contributed by atoms with Crippen molar-refractivity contribution >= 4 is 14.6 Å². The number of hydrogen-bond donors (Lipinski definition) is 6. The van der Waals surface area contributed by atoms with Gasteiger partial charge in [-0.25, -0.2) is 0 Å². The summed E-state index contributed by atoms with van der Waals surface area (Å²) in [6.45, 7) is 7.34. The van der Waals surface area contributed by atoms with E-state index >= 15 is 0 Å². The summed E-state index contributed by atoms with van der Waals surface area (Å²) in [6.07, 6.45) is 1.56. The van der Waals surface area contributed by atoms with Gasteiger partial charge in [0.1, 0.15) is 0 Å². The van der Waals surface area contributed by atoms with Crippen LogP contribution in [0.15, 0.2) is 0 Å². The summed E-state index contributed by atoms with van der Waals surface area (Å²) in [5.41, 5.74) is 0. The van der Waals surface area contributed by atoms with Crippen molar-refractivity contribution in [1.29, 1.82) is 0 Å². The zero-order valence-electron chi connectivity index (χ0n) is 20.7. The van der Waals surface area contributed by atoms with E-state index in [9.17, 15) is 25.4 Å². The third kappa shape index (κ3) is 17.7. The number of rotatable bonds is 10. The first-order valence-electron chi connectivity index (χ1n) is 11.7. The fourth-order valence-corrected chi connectivity index (χ4v) is 3.88. The summed E-state index contributed by atoms with van der Waals surface area (Å²) in [5, 5.41) is 55.8. The van der Waals surface area contributed by atoms with E-state index in [0.29, 0.717) is 19.3 Å². The number of hydrogen-bond acceptors (Lipinski definition) is 10. The van der Waals surface area contributed by atoms with E-state index in [1.807, 2.05) is 20.8 Å². The summed E-state index contributed by atoms with van der Waals surface area (Å²) >= 11 is 0. The molecule has 8 unspecified atom stereocenters. The van der Waals surface area contributed by atoms with Crippen LogP contribution in [0.2, 0.25) is 0 Å². The molecule has 0 aromatic carbocycles. The first-order valence-corrected chi connectivity index (χ1v) is 11.7. The Morgan fingerprint density at radius 1 is 0.743 bits per heavy atom. The van der Waals surface area contributed by atoms with Gasteiger partial charge in [-0.3, -0.25) is 0 Å². The van der Waals surface area contributed by atoms with Crippen LogP contribution in [0.1, 0.15) is 86.5 Å². The fourth-order valence-electron chi connectivity index (χ4n) is 3.88. The fraction of sp³-hybridized carbons (Fsp3) is 1.00. The number of aliphatic hydroxyl groups excluding tert-OH is 4. The van der Waals surface area contributed by atoms with Gasteiger partial charge in [0, 0.05) is 12.2 Å². The predicted molar refractivity (Wildman–Crippen MR) is 133 cm³/mol. The second-order valence-corrected chi connectivity index (χ2v) is 8.88. The topological polar surface area (TPSA) is 221 Å². The van der Waals surface area contributed by atoms with E-state index in [0.717, 1.165) is 12.8 Å². The molecule has 2 aliphatic rings. The monoisotopic (exact) mass is 516 g/mol. The molecule has 2 saturated heterocycles. The maximum absolute atomic E-state index is 9.46. The molecular weight excluding hydrogens is 466 g/mol. The normalized spacial score (nSPS) is 27.6. The van der Waals surface area contributed by atoms with Gasteiger partial charge in [-0.1, -0.05) is 21.3 Å². The molecule has 35 heavy (non-hydrogen) atoms. The van der Waals surface area contributed by atoms with Crippen LogP contribution >= 0.6 is 0 Å². The van der Waals surface area contributed by atoms with E-state index in [1.54, 1.807) is 6.92 Å². The van der Waals surface area contributed by atoms with E-state index in [2.05, 4.69) is 0 Å². The molecule has 14 heteroatoms. The van der Waals surface area contributed by atoms with E-state index in [-0.39, 0.29) is 62.1 Å². The van der Waals surface area contributed by atoms with Crippen molar-refractivity contribution in [1.82, 2.24) is 0 Å². The van der Waals surface area contributed by atoms with E-state index < -0.39 is 39.1 Å². The molecule has 0 amide bonds. The van der Waals surface area contributed by atoms with Gasteiger partial charge in [0.05, 0.1) is 36.6 Å². The van der Waals surface area contributed by atoms with Crippen LogP contribution in [-0.2, 0) is 18.6 Å². The minimum absolute atomic E-state index is 0. The molecule has 2 heterocycles. The Balaban J connectivity index is -0.000000556. The van der Waals surface area contributed by atoms with Crippen LogP contribution in [0.25, 0.3) is 0 Å². The summed E-state index contributed by atoms with van der Waals surface area (Å²) < 4.78 is 20.9. The molecule has 2 rings (SSSR count). The van der Waals surface area contributed by atoms with Crippen LogP contribution in [0.4, 0.5) is 0 Å². The minimum atomic E-state index is -1.16. The molecule has 212 valence electrons. The van der Waals surface area contributed by atoms with Crippen LogP contribution in [0.3, 0.4) is 0 Å². The van der Waals surface area contributed by atoms with Crippen molar-refractivity contribution in [2.75, 3.05) is 0 Å². The van der Waals surface area contributed by atoms with Crippen molar-refractivity contribution in [3.8, 4) is 0 Å². The van der Waals surface area contributed by atoms with Crippen LogP contribution in [0.5, 0.6) is 0 Å². The molecule has 2 aliphatic heterocycles. The van der Waals surface area contributed by atoms with Gasteiger partial charge in [0.25, 0.3) is 0 Å². The zero-order chi connectivity index (χ0) is 24.3. The summed E-state index contributed by atoms with van der Waals surface area (Å²) in [7, 11) is -2.32. The maximum Gasteiger partial charge on any atom is 0.637 e. The standard InChI is InChI=1S/C10H20B2O6.C10H22O4.CH4.2H2O/c1-3-8-5-10(18-12(14)16-8)6-9-4-7(2)15-11(13)17-9;1-3-8(12)5-10(14)6-9(13)4-7(2)11;;;/h7-10,13-14H,3-6H2,1-2H3;7-14H,3-6H2,1-2H3;1H4;2*1H2. The Bertz CT molecular complexity index is 483. The molecule has 12 nitrogen and oxygen atoms in total. The van der Waals surface area contributed by atoms with Gasteiger partial charge in [-0.15, -0.1) is 0 Å². The molecule has 0 aromatic rings. The highest BCUT2D eigenvalue weighted by atomic mass is 16.7. The van der Waals surface area contributed by atoms with Crippen molar-refractivity contribution in [2.45, 2.75) is 135 Å². The largest absolute Gasteiger partial charge is 0.637 e. The minimum Gasteiger partial charge on any atom is -0.412 e. The van der Waals surface area contributed by atoms with Crippen molar-refractivity contribution in [3.05, 3.63) is 0 Å². The molecule has 2 fully saturated rings. The Morgan fingerprint density at radius 3 is 1.69 bits per heavy atom. The highest BCUT2D eigenvalue weighted by Crippen LogP contribution is 2.26. The summed E-state index contributed by atoms with van der Waals surface area (Å²) in [4.78, 5) is 0. The lowest BCUT2D eigenvalue weighted by Crippen LogP contribution is -2.46. The quantitative estimate of drug-likeness (QED) is 0.197. The average molecular weight is 516 g/mol. The second-order valence-electron chi connectivity index (χ2n) is 8.88. The van der Waals surface area contributed by atoms with E-state index in [4.69, 9.17) is 23.7 Å². The predicted octanol–water partition coefficient (Wildman–Crippen LogP) is -0.874. The molecule has 0 bridgehead atoms. The van der Waals surface area contributed by atoms with Gasteiger partial charge >= 0.3 is 14.6 Å². The van der Waals surface area contributed by atoms with Gasteiger partial charge in [0.2, 0.25) is 0 Å². The summed E-state index contributed by atoms with van der Waals surface area (Å²) in [6, 6.07) is 0. The lowest BCUT2D eigenvalue weighted by molar-refractivity contribution is -0.0602. The maximum atomic E-state index is 9.46. The van der Waals surface area contributed by atoms with Crippen LogP contribution < -0.4 is 0 Å². The van der Waals surface area contributed by atoms with Crippen molar-refractivity contribution in [2.24, 2.45) is 0 Å². The van der Waals surface area contributed by atoms with Gasteiger partial charge in [-0.2, -0.15) is 0 Å². The third-order valence-electron chi connectivity index (χ3n) is 5.55. The molecule has 0 radical (unpaired) electrons. The van der Waals surface area contributed by atoms with Crippen molar-refractivity contribution < 1.29 is 60.0 Å². The second kappa shape index (κ2) is 20.7. The first kappa shape index (κ1) is 39.2. The average Bonchev–Trinajstić information content (AvgIpc) is 2.66. The lowest BCUT2D eigenvalue weighted by Gasteiger charge is -2.35. The first-order chi connectivity index (χ1) is 15.0. The molecule has 8 atom stereocenters. The van der Waals surface area contributed by atoms with Gasteiger partial charge in [-0.05, 0) is 65.2 Å². The highest BCUT2D eigenvalue weighted by Gasteiger charge is 2.37. The Kier molecular flexibility index (Phi) is 23.1. The highest BCUT2D eigenvalue weighted by molar-refractivity contribution is 6.35. The van der Waals surface area contributed by atoms with Crippen LogP contribution in [0, 0.1) is 0 Å². The molecule has 0 aliphatic carbocycles. The molecule has 0 spiro atoms. The Hall–Kier alpha value is -0.350. The zero-order valence-corrected chi connectivity index (χ0v) is 20.7. The lowest BCUT2D eigenvalue weighted by atomic mass is 9.94. The van der Waals surface area contributed by atoms with Crippen LogP contribution in [-0.4, -0.2) is 105 Å². The summed E-state index contributed by atoms with van der Waals surface area (Å²) in [5.74, 6) is 0. The third-order valence-corrected chi connectivity index (χ3v) is 5.55.